The molecule has 0 fully saturated rings. The zero-order valence-electron chi connectivity index (χ0n) is 14.1. The fourth-order valence-electron chi connectivity index (χ4n) is 2.56. The SMILES string of the molecule is Cc1ccccc1C(O)c1csc(NS(=O)(=O)c2cccc(Cl)c2C)n1. The Morgan fingerprint density at radius 2 is 1.88 bits per heavy atom. The van der Waals surface area contributed by atoms with E-state index in [1.54, 1.807) is 24.4 Å². The molecular weight excluding hydrogens is 392 g/mol. The van der Waals surface area contributed by atoms with Crippen LogP contribution in [0.5, 0.6) is 0 Å². The van der Waals surface area contributed by atoms with E-state index in [0.29, 0.717) is 16.3 Å². The van der Waals surface area contributed by atoms with Gasteiger partial charge in [-0.15, -0.1) is 11.3 Å². The lowest BCUT2D eigenvalue weighted by atomic mass is 10.0. The second-order valence-corrected chi connectivity index (χ2v) is 8.72. The number of nitrogens with one attached hydrogen (secondary N) is 1. The van der Waals surface area contributed by atoms with Crippen LogP contribution >= 0.6 is 22.9 Å². The maximum Gasteiger partial charge on any atom is 0.263 e. The van der Waals surface area contributed by atoms with Crippen LogP contribution in [-0.4, -0.2) is 18.5 Å². The lowest BCUT2D eigenvalue weighted by molar-refractivity contribution is 0.215. The van der Waals surface area contributed by atoms with Gasteiger partial charge in [0.05, 0.1) is 10.6 Å². The monoisotopic (exact) mass is 408 g/mol. The highest BCUT2D eigenvalue weighted by atomic mass is 35.5. The van der Waals surface area contributed by atoms with Crippen molar-refractivity contribution in [2.24, 2.45) is 0 Å². The number of rotatable bonds is 5. The molecule has 2 N–H and O–H groups in total. The van der Waals surface area contributed by atoms with Crippen LogP contribution in [0.15, 0.2) is 52.7 Å². The van der Waals surface area contributed by atoms with E-state index in [0.717, 1.165) is 22.5 Å². The van der Waals surface area contributed by atoms with Crippen molar-refractivity contribution in [2.75, 3.05) is 4.72 Å². The largest absolute Gasteiger partial charge is 0.382 e. The Labute approximate surface area is 161 Å². The van der Waals surface area contributed by atoms with Crippen LogP contribution in [0.1, 0.15) is 28.5 Å². The molecule has 26 heavy (non-hydrogen) atoms. The zero-order valence-corrected chi connectivity index (χ0v) is 16.5. The average Bonchev–Trinajstić information content (AvgIpc) is 3.04. The molecule has 0 bridgehead atoms. The number of aliphatic hydroxyl groups excluding tert-OH is 1. The van der Waals surface area contributed by atoms with Gasteiger partial charge in [0, 0.05) is 10.4 Å². The number of nitrogens with zero attached hydrogens (tertiary/aromatic N) is 1. The van der Waals surface area contributed by atoms with Gasteiger partial charge < -0.3 is 5.11 Å². The summed E-state index contributed by atoms with van der Waals surface area (Å²) in [4.78, 5) is 4.33. The van der Waals surface area contributed by atoms with Crippen molar-refractivity contribution < 1.29 is 13.5 Å². The summed E-state index contributed by atoms with van der Waals surface area (Å²) in [5, 5.41) is 12.7. The van der Waals surface area contributed by atoms with Crippen LogP contribution < -0.4 is 4.72 Å². The van der Waals surface area contributed by atoms with Crippen molar-refractivity contribution in [3.05, 3.63) is 75.3 Å². The lowest BCUT2D eigenvalue weighted by Crippen LogP contribution is -2.14. The third-order valence-corrected chi connectivity index (χ3v) is 6.81. The fourth-order valence-corrected chi connectivity index (χ4v) is 5.04. The number of aliphatic hydroxyl groups is 1. The average molecular weight is 409 g/mol. The van der Waals surface area contributed by atoms with Crippen LogP contribution in [0.2, 0.25) is 5.02 Å². The van der Waals surface area contributed by atoms with Gasteiger partial charge in [-0.05, 0) is 42.7 Å². The van der Waals surface area contributed by atoms with E-state index in [4.69, 9.17) is 11.6 Å². The van der Waals surface area contributed by atoms with E-state index in [-0.39, 0.29) is 10.0 Å². The number of thiazole rings is 1. The van der Waals surface area contributed by atoms with E-state index in [1.807, 2.05) is 31.2 Å². The van der Waals surface area contributed by atoms with E-state index < -0.39 is 16.1 Å². The molecule has 1 aromatic heterocycles. The normalized spacial score (nSPS) is 12.8. The lowest BCUT2D eigenvalue weighted by Gasteiger charge is -2.11. The van der Waals surface area contributed by atoms with Crippen LogP contribution in [0.4, 0.5) is 5.13 Å². The van der Waals surface area contributed by atoms with Gasteiger partial charge in [-0.25, -0.2) is 13.4 Å². The molecule has 0 radical (unpaired) electrons. The van der Waals surface area contributed by atoms with Gasteiger partial charge >= 0.3 is 0 Å². The number of hydrogen-bond donors (Lipinski definition) is 2. The molecule has 0 aliphatic rings. The Bertz CT molecular complexity index is 1050. The molecule has 0 saturated carbocycles. The zero-order chi connectivity index (χ0) is 18.9. The summed E-state index contributed by atoms with van der Waals surface area (Å²) in [5.41, 5.74) is 2.53. The Morgan fingerprint density at radius 1 is 1.15 bits per heavy atom. The Kier molecular flexibility index (Phi) is 5.34. The van der Waals surface area contributed by atoms with Crippen molar-refractivity contribution in [3.63, 3.8) is 0 Å². The minimum atomic E-state index is -3.82. The molecule has 1 unspecified atom stereocenters. The van der Waals surface area contributed by atoms with Gasteiger partial charge in [0.25, 0.3) is 10.0 Å². The quantitative estimate of drug-likeness (QED) is 0.659. The van der Waals surface area contributed by atoms with Crippen LogP contribution in [0, 0.1) is 13.8 Å². The molecule has 0 aliphatic carbocycles. The Morgan fingerprint density at radius 3 is 2.62 bits per heavy atom. The van der Waals surface area contributed by atoms with E-state index >= 15 is 0 Å². The molecule has 2 aromatic carbocycles. The first kappa shape index (κ1) is 18.8. The summed E-state index contributed by atoms with van der Waals surface area (Å²) in [5.74, 6) is 0. The smallest absolute Gasteiger partial charge is 0.263 e. The van der Waals surface area contributed by atoms with Crippen molar-refractivity contribution in [2.45, 2.75) is 24.8 Å². The summed E-state index contributed by atoms with van der Waals surface area (Å²) in [7, 11) is -3.82. The number of sulfonamides is 1. The second-order valence-electron chi connectivity index (χ2n) is 5.81. The van der Waals surface area contributed by atoms with Crippen LogP contribution in [-0.2, 0) is 10.0 Å². The molecule has 5 nitrogen and oxygen atoms in total. The molecule has 1 heterocycles. The van der Waals surface area contributed by atoms with E-state index in [2.05, 4.69) is 9.71 Å². The Balaban J connectivity index is 1.86. The van der Waals surface area contributed by atoms with Crippen molar-refractivity contribution >= 4 is 38.1 Å². The van der Waals surface area contributed by atoms with Crippen molar-refractivity contribution in [3.8, 4) is 0 Å². The fraction of sp³-hybridized carbons (Fsp3) is 0.167. The van der Waals surface area contributed by atoms with Crippen molar-refractivity contribution in [1.82, 2.24) is 4.98 Å². The van der Waals surface area contributed by atoms with Gasteiger partial charge in [-0.3, -0.25) is 4.72 Å². The third kappa shape index (κ3) is 3.76. The number of aromatic nitrogens is 1. The first-order valence-corrected chi connectivity index (χ1v) is 10.5. The molecule has 3 aromatic rings. The summed E-state index contributed by atoms with van der Waals surface area (Å²) in [6.45, 7) is 3.54. The van der Waals surface area contributed by atoms with Crippen LogP contribution in [0.25, 0.3) is 0 Å². The molecular formula is C18H17ClN2O3S2. The minimum Gasteiger partial charge on any atom is -0.382 e. The molecule has 0 aliphatic heterocycles. The summed E-state index contributed by atoms with van der Waals surface area (Å²) >= 11 is 7.13. The second kappa shape index (κ2) is 7.36. The number of aryl methyl sites for hydroxylation is 1. The summed E-state index contributed by atoms with van der Waals surface area (Å²) in [6.07, 6.45) is -0.918. The molecule has 3 rings (SSSR count). The van der Waals surface area contributed by atoms with Gasteiger partial charge in [0.2, 0.25) is 0 Å². The predicted octanol–water partition coefficient (Wildman–Crippen LogP) is 4.30. The highest BCUT2D eigenvalue weighted by Gasteiger charge is 2.21. The molecule has 136 valence electrons. The first-order valence-electron chi connectivity index (χ1n) is 7.76. The minimum absolute atomic E-state index is 0.0983. The van der Waals surface area contributed by atoms with Gasteiger partial charge in [0.1, 0.15) is 6.10 Å². The summed E-state index contributed by atoms with van der Waals surface area (Å²) in [6, 6.07) is 12.1. The number of halogens is 1. The molecule has 0 saturated heterocycles. The number of hydrogen-bond acceptors (Lipinski definition) is 5. The highest BCUT2D eigenvalue weighted by Crippen LogP contribution is 2.30. The van der Waals surface area contributed by atoms with Gasteiger partial charge in [-0.1, -0.05) is 41.9 Å². The maximum absolute atomic E-state index is 12.6. The first-order chi connectivity index (χ1) is 12.3. The molecule has 0 spiro atoms. The highest BCUT2D eigenvalue weighted by molar-refractivity contribution is 7.93. The number of anilines is 1. The summed E-state index contributed by atoms with van der Waals surface area (Å²) < 4.78 is 27.7. The van der Waals surface area contributed by atoms with Gasteiger partial charge in [-0.2, -0.15) is 0 Å². The van der Waals surface area contributed by atoms with E-state index in [1.165, 1.54) is 6.07 Å². The predicted molar refractivity (Wildman–Crippen MR) is 104 cm³/mol. The molecule has 1 atom stereocenters. The third-order valence-electron chi connectivity index (χ3n) is 4.01. The maximum atomic E-state index is 12.6. The standard InChI is InChI=1S/C18H17ClN2O3S2/c1-11-6-3-4-7-13(11)17(22)15-10-25-18(20-15)21-26(23,24)16-9-5-8-14(19)12(16)2/h3-10,17,22H,1-2H3,(H,20,21). The molecule has 8 heteroatoms. The van der Waals surface area contributed by atoms with E-state index in [9.17, 15) is 13.5 Å². The van der Waals surface area contributed by atoms with Crippen molar-refractivity contribution in [1.29, 1.82) is 0 Å². The molecule has 0 amide bonds. The van der Waals surface area contributed by atoms with Gasteiger partial charge in [0.15, 0.2) is 5.13 Å². The van der Waals surface area contributed by atoms with Crippen LogP contribution in [0.3, 0.4) is 0 Å². The topological polar surface area (TPSA) is 79.3 Å². The number of benzene rings is 2. The Hall–Kier alpha value is -1.93.